The van der Waals surface area contributed by atoms with Crippen molar-refractivity contribution in [2.75, 3.05) is 0 Å². The molecule has 1 aliphatic rings. The van der Waals surface area contributed by atoms with Gasteiger partial charge in [-0.15, -0.1) is 0 Å². The lowest BCUT2D eigenvalue weighted by Gasteiger charge is -2.31. The third kappa shape index (κ3) is 10.8. The summed E-state index contributed by atoms with van der Waals surface area (Å²) in [6.45, 7) is 4.37. The van der Waals surface area contributed by atoms with Gasteiger partial charge in [-0.1, -0.05) is 90.4 Å². The van der Waals surface area contributed by atoms with E-state index in [1.165, 1.54) is 83.5 Å². The van der Waals surface area contributed by atoms with E-state index in [0.717, 1.165) is 19.3 Å². The highest BCUT2D eigenvalue weighted by Gasteiger charge is 2.24. The topological polar surface area (TPSA) is 29.1 Å². The second-order valence-corrected chi connectivity index (χ2v) is 7.96. The van der Waals surface area contributed by atoms with E-state index in [1.54, 1.807) is 0 Å². The van der Waals surface area contributed by atoms with Gasteiger partial charge in [0.05, 0.1) is 0 Å². The highest BCUT2D eigenvalue weighted by Crippen LogP contribution is 2.24. The van der Waals surface area contributed by atoms with Crippen LogP contribution in [0.5, 0.6) is 0 Å². The maximum absolute atomic E-state index is 12.1. The fraction of sp³-hybridized carbons (Fsp3) is 0.952. The van der Waals surface area contributed by atoms with Crippen LogP contribution in [0.15, 0.2) is 0 Å². The number of amides is 1. The third-order valence-electron chi connectivity index (χ3n) is 5.38. The standard InChI is InChI=1S/C21H41NO/c1-3-17-20(23)22-21(2)18-15-13-11-9-7-5-4-6-8-10-12-14-16-19-21/h3-19H2,1-2H3,(H,22,23). The quantitative estimate of drug-likeness (QED) is 0.628. The Balaban J connectivity index is 2.44. The van der Waals surface area contributed by atoms with E-state index in [2.05, 4.69) is 19.2 Å². The van der Waals surface area contributed by atoms with Gasteiger partial charge in [-0.3, -0.25) is 4.79 Å². The van der Waals surface area contributed by atoms with E-state index in [-0.39, 0.29) is 11.4 Å². The first-order valence-electron chi connectivity index (χ1n) is 10.5. The molecule has 0 unspecified atom stereocenters. The van der Waals surface area contributed by atoms with Crippen molar-refractivity contribution in [2.45, 2.75) is 129 Å². The summed E-state index contributed by atoms with van der Waals surface area (Å²) in [5.41, 5.74) is 0.0311. The molecule has 0 aromatic rings. The largest absolute Gasteiger partial charge is 0.351 e. The van der Waals surface area contributed by atoms with Crippen LogP contribution in [0.3, 0.4) is 0 Å². The van der Waals surface area contributed by atoms with Crippen LogP contribution < -0.4 is 5.32 Å². The minimum atomic E-state index is 0.0311. The first kappa shape index (κ1) is 20.5. The first-order valence-corrected chi connectivity index (χ1v) is 10.5. The van der Waals surface area contributed by atoms with Crippen LogP contribution in [0.2, 0.25) is 0 Å². The van der Waals surface area contributed by atoms with E-state index in [9.17, 15) is 4.79 Å². The van der Waals surface area contributed by atoms with E-state index in [4.69, 9.17) is 0 Å². The van der Waals surface area contributed by atoms with Crippen LogP contribution in [0.25, 0.3) is 0 Å². The Morgan fingerprint density at radius 1 is 0.739 bits per heavy atom. The Labute approximate surface area is 145 Å². The Morgan fingerprint density at radius 2 is 1.09 bits per heavy atom. The minimum absolute atomic E-state index is 0.0311. The van der Waals surface area contributed by atoms with Gasteiger partial charge >= 0.3 is 0 Å². The molecule has 0 radical (unpaired) electrons. The molecule has 0 aromatic heterocycles. The van der Waals surface area contributed by atoms with Crippen molar-refractivity contribution in [1.82, 2.24) is 5.32 Å². The van der Waals surface area contributed by atoms with E-state index < -0.39 is 0 Å². The van der Waals surface area contributed by atoms with Crippen molar-refractivity contribution in [2.24, 2.45) is 0 Å². The maximum Gasteiger partial charge on any atom is 0.220 e. The molecule has 0 aliphatic heterocycles. The molecule has 136 valence electrons. The molecule has 1 aliphatic carbocycles. The summed E-state index contributed by atoms with van der Waals surface area (Å²) < 4.78 is 0. The van der Waals surface area contributed by atoms with Crippen LogP contribution in [-0.2, 0) is 4.79 Å². The lowest BCUT2D eigenvalue weighted by molar-refractivity contribution is -0.123. The molecule has 1 rings (SSSR count). The molecule has 1 saturated carbocycles. The second-order valence-electron chi connectivity index (χ2n) is 7.96. The monoisotopic (exact) mass is 323 g/mol. The van der Waals surface area contributed by atoms with Crippen molar-refractivity contribution in [3.63, 3.8) is 0 Å². The van der Waals surface area contributed by atoms with Crippen LogP contribution in [0, 0.1) is 0 Å². The van der Waals surface area contributed by atoms with Gasteiger partial charge in [-0.2, -0.15) is 0 Å². The zero-order valence-electron chi connectivity index (χ0n) is 15.9. The van der Waals surface area contributed by atoms with Gasteiger partial charge in [0.15, 0.2) is 0 Å². The highest BCUT2D eigenvalue weighted by molar-refractivity contribution is 5.76. The lowest BCUT2D eigenvalue weighted by Crippen LogP contribution is -2.45. The summed E-state index contributed by atoms with van der Waals surface area (Å²) in [6, 6.07) is 0. The van der Waals surface area contributed by atoms with Crippen LogP contribution in [0.4, 0.5) is 0 Å². The molecule has 1 N–H and O–H groups in total. The summed E-state index contributed by atoms with van der Waals surface area (Å²) >= 11 is 0. The number of hydrogen-bond acceptors (Lipinski definition) is 1. The first-order chi connectivity index (χ1) is 11.2. The predicted molar refractivity (Wildman–Crippen MR) is 101 cm³/mol. The minimum Gasteiger partial charge on any atom is -0.351 e. The molecule has 23 heavy (non-hydrogen) atoms. The molecular formula is C21H41NO. The van der Waals surface area contributed by atoms with Crippen LogP contribution >= 0.6 is 0 Å². The fourth-order valence-corrected chi connectivity index (χ4v) is 3.85. The molecule has 2 heteroatoms. The Hall–Kier alpha value is -0.530. The summed E-state index contributed by atoms with van der Waals surface area (Å²) in [7, 11) is 0. The zero-order valence-corrected chi connectivity index (χ0v) is 15.9. The molecule has 0 aromatic carbocycles. The van der Waals surface area contributed by atoms with Gasteiger partial charge in [0.2, 0.25) is 5.91 Å². The Morgan fingerprint density at radius 3 is 1.43 bits per heavy atom. The van der Waals surface area contributed by atoms with Crippen LogP contribution in [0.1, 0.15) is 123 Å². The SMILES string of the molecule is CCCC(=O)NC1(C)CCCCCCCCCCCCCCC1. The van der Waals surface area contributed by atoms with E-state index in [0.29, 0.717) is 6.42 Å². The van der Waals surface area contributed by atoms with Crippen molar-refractivity contribution in [3.8, 4) is 0 Å². The highest BCUT2D eigenvalue weighted by atomic mass is 16.1. The summed E-state index contributed by atoms with van der Waals surface area (Å²) in [5, 5.41) is 3.36. The number of rotatable bonds is 3. The smallest absolute Gasteiger partial charge is 0.220 e. The fourth-order valence-electron chi connectivity index (χ4n) is 3.85. The molecule has 0 heterocycles. The molecule has 2 nitrogen and oxygen atoms in total. The van der Waals surface area contributed by atoms with Crippen molar-refractivity contribution in [1.29, 1.82) is 0 Å². The second kappa shape index (κ2) is 12.8. The number of carbonyl (C=O) groups is 1. The van der Waals surface area contributed by atoms with E-state index >= 15 is 0 Å². The average Bonchev–Trinajstić information content (AvgIpc) is 2.50. The maximum atomic E-state index is 12.1. The molecule has 0 atom stereocenters. The average molecular weight is 324 g/mol. The van der Waals surface area contributed by atoms with Gasteiger partial charge in [0.1, 0.15) is 0 Å². The molecule has 1 amide bonds. The number of carbonyl (C=O) groups excluding carboxylic acids is 1. The zero-order chi connectivity index (χ0) is 16.8. The lowest BCUT2D eigenvalue weighted by atomic mass is 9.87. The normalized spacial score (nSPS) is 22.3. The van der Waals surface area contributed by atoms with Gasteiger partial charge in [-0.05, 0) is 26.2 Å². The third-order valence-corrected chi connectivity index (χ3v) is 5.38. The summed E-state index contributed by atoms with van der Waals surface area (Å²) in [4.78, 5) is 12.1. The number of hydrogen-bond donors (Lipinski definition) is 1. The molecular weight excluding hydrogens is 282 g/mol. The molecule has 0 spiro atoms. The predicted octanol–water partition coefficient (Wildman–Crippen LogP) is 6.53. The van der Waals surface area contributed by atoms with Crippen molar-refractivity contribution in [3.05, 3.63) is 0 Å². The number of nitrogens with one attached hydrogen (secondary N) is 1. The van der Waals surface area contributed by atoms with E-state index in [1.807, 2.05) is 0 Å². The summed E-state index contributed by atoms with van der Waals surface area (Å²) in [5.74, 6) is 0.254. The molecule has 0 saturated heterocycles. The molecule has 0 bridgehead atoms. The van der Waals surface area contributed by atoms with Gasteiger partial charge in [0.25, 0.3) is 0 Å². The van der Waals surface area contributed by atoms with Gasteiger partial charge in [-0.25, -0.2) is 0 Å². The van der Waals surface area contributed by atoms with Gasteiger partial charge in [0, 0.05) is 12.0 Å². The van der Waals surface area contributed by atoms with Crippen molar-refractivity contribution >= 4 is 5.91 Å². The Bertz CT molecular complexity index is 284. The van der Waals surface area contributed by atoms with Gasteiger partial charge < -0.3 is 5.32 Å². The summed E-state index contributed by atoms with van der Waals surface area (Å²) in [6.07, 6.45) is 21.8. The molecule has 1 fully saturated rings. The van der Waals surface area contributed by atoms with Crippen molar-refractivity contribution < 1.29 is 4.79 Å². The van der Waals surface area contributed by atoms with Crippen LogP contribution in [-0.4, -0.2) is 11.4 Å². The Kier molecular flexibility index (Phi) is 11.5.